The fraction of sp³-hybridized carbons (Fsp3) is 0.333. The topological polar surface area (TPSA) is 87.9 Å². The van der Waals surface area contributed by atoms with Gasteiger partial charge in [0.15, 0.2) is 16.7 Å². The molecule has 1 aromatic heterocycles. The van der Waals surface area contributed by atoms with E-state index in [1.807, 2.05) is 47.0 Å². The Morgan fingerprint density at radius 3 is 2.53 bits per heavy atom. The average molecular weight is 432 g/mol. The van der Waals surface area contributed by atoms with Gasteiger partial charge in [0, 0.05) is 5.75 Å². The minimum Gasteiger partial charge on any atom is -0.495 e. The summed E-state index contributed by atoms with van der Waals surface area (Å²) in [6, 6.07) is 13.2. The van der Waals surface area contributed by atoms with Gasteiger partial charge in [-0.2, -0.15) is 0 Å². The van der Waals surface area contributed by atoms with Crippen LogP contribution in [0.4, 0.5) is 0 Å². The van der Waals surface area contributed by atoms with Gasteiger partial charge in [-0.3, -0.25) is 4.57 Å². The number of aromatic nitrogens is 3. The molecule has 0 saturated heterocycles. The second-order valence-corrected chi connectivity index (χ2v) is 7.31. The molecule has 0 spiro atoms. The van der Waals surface area contributed by atoms with Gasteiger partial charge in [0.05, 0.1) is 46.3 Å². The fourth-order valence-corrected chi connectivity index (χ4v) is 3.65. The second-order valence-electron chi connectivity index (χ2n) is 6.32. The Balaban J connectivity index is 1.51. The van der Waals surface area contributed by atoms with Crippen molar-refractivity contribution in [2.45, 2.75) is 17.9 Å². The lowest BCUT2D eigenvalue weighted by molar-refractivity contribution is 0.0397. The smallest absolute Gasteiger partial charge is 0.195 e. The van der Waals surface area contributed by atoms with Gasteiger partial charge in [-0.1, -0.05) is 30.0 Å². The van der Waals surface area contributed by atoms with Crippen molar-refractivity contribution in [1.82, 2.24) is 14.8 Å². The molecule has 1 heterocycles. The van der Waals surface area contributed by atoms with E-state index in [0.29, 0.717) is 29.0 Å². The first-order chi connectivity index (χ1) is 14.7. The number of thioether (sulfide) groups is 1. The molecule has 0 bridgehead atoms. The standard InChI is InChI=1S/C21H25N3O5S/c1-26-18-7-5-4-6-17(18)24-14-22-23-21(24)30-13-16(25)12-29-11-15-8-9-19(27-2)20(10-15)28-3/h4-10,14,16,25H,11-13H2,1-3H3. The number of methoxy groups -OCH3 is 3. The Hall–Kier alpha value is -2.75. The molecule has 0 aliphatic rings. The van der Waals surface area contributed by atoms with Gasteiger partial charge in [0.2, 0.25) is 0 Å². The van der Waals surface area contributed by atoms with Crippen molar-refractivity contribution in [3.63, 3.8) is 0 Å². The minimum absolute atomic E-state index is 0.199. The molecule has 160 valence electrons. The number of rotatable bonds is 11. The number of aliphatic hydroxyl groups excluding tert-OH is 1. The molecule has 0 fully saturated rings. The van der Waals surface area contributed by atoms with Crippen molar-refractivity contribution in [2.75, 3.05) is 33.7 Å². The monoisotopic (exact) mass is 431 g/mol. The highest BCUT2D eigenvalue weighted by Gasteiger charge is 2.14. The third-order valence-electron chi connectivity index (χ3n) is 4.29. The maximum absolute atomic E-state index is 10.3. The molecular weight excluding hydrogens is 406 g/mol. The third kappa shape index (κ3) is 5.44. The average Bonchev–Trinajstić information content (AvgIpc) is 3.26. The molecule has 0 saturated carbocycles. The van der Waals surface area contributed by atoms with Crippen LogP contribution in [0.25, 0.3) is 5.69 Å². The van der Waals surface area contributed by atoms with E-state index in [9.17, 15) is 5.11 Å². The van der Waals surface area contributed by atoms with E-state index < -0.39 is 6.10 Å². The first-order valence-corrected chi connectivity index (χ1v) is 10.3. The molecule has 0 aliphatic carbocycles. The van der Waals surface area contributed by atoms with Gasteiger partial charge in [-0.25, -0.2) is 0 Å². The summed E-state index contributed by atoms with van der Waals surface area (Å²) in [5.74, 6) is 2.44. The lowest BCUT2D eigenvalue weighted by Gasteiger charge is -2.13. The first-order valence-electron chi connectivity index (χ1n) is 9.29. The van der Waals surface area contributed by atoms with Gasteiger partial charge in [-0.15, -0.1) is 10.2 Å². The quantitative estimate of drug-likeness (QED) is 0.464. The van der Waals surface area contributed by atoms with Crippen molar-refractivity contribution in [3.05, 3.63) is 54.4 Å². The highest BCUT2D eigenvalue weighted by atomic mass is 32.2. The number of para-hydroxylation sites is 2. The Morgan fingerprint density at radius 2 is 1.77 bits per heavy atom. The van der Waals surface area contributed by atoms with E-state index in [0.717, 1.165) is 17.0 Å². The minimum atomic E-state index is -0.655. The number of ether oxygens (including phenoxy) is 4. The number of aliphatic hydroxyl groups is 1. The zero-order valence-electron chi connectivity index (χ0n) is 17.1. The predicted molar refractivity (Wildman–Crippen MR) is 114 cm³/mol. The molecule has 30 heavy (non-hydrogen) atoms. The second kappa shape index (κ2) is 10.9. The summed E-state index contributed by atoms with van der Waals surface area (Å²) in [5.41, 5.74) is 1.77. The van der Waals surface area contributed by atoms with Crippen LogP contribution in [0.2, 0.25) is 0 Å². The lowest BCUT2D eigenvalue weighted by Crippen LogP contribution is -2.18. The maximum atomic E-state index is 10.3. The summed E-state index contributed by atoms with van der Waals surface area (Å²) in [5, 5.41) is 19.1. The normalized spacial score (nSPS) is 11.9. The molecule has 2 aromatic carbocycles. The zero-order valence-corrected chi connectivity index (χ0v) is 18.0. The van der Waals surface area contributed by atoms with Crippen molar-refractivity contribution in [3.8, 4) is 22.9 Å². The molecule has 0 amide bonds. The van der Waals surface area contributed by atoms with Crippen LogP contribution in [0, 0.1) is 0 Å². The fourth-order valence-electron chi connectivity index (χ4n) is 2.82. The van der Waals surface area contributed by atoms with Crippen LogP contribution in [0.5, 0.6) is 17.2 Å². The summed E-state index contributed by atoms with van der Waals surface area (Å²) in [7, 11) is 4.81. The Bertz CT molecular complexity index is 950. The summed E-state index contributed by atoms with van der Waals surface area (Å²) >= 11 is 1.40. The molecule has 9 heteroatoms. The van der Waals surface area contributed by atoms with Crippen LogP contribution in [0.3, 0.4) is 0 Å². The predicted octanol–water partition coefficient (Wildman–Crippen LogP) is 2.96. The van der Waals surface area contributed by atoms with Crippen LogP contribution >= 0.6 is 11.8 Å². The van der Waals surface area contributed by atoms with E-state index in [1.165, 1.54) is 11.8 Å². The Labute approximate surface area is 179 Å². The van der Waals surface area contributed by atoms with E-state index in [1.54, 1.807) is 27.7 Å². The molecule has 1 N–H and O–H groups in total. The summed E-state index contributed by atoms with van der Waals surface area (Å²) < 4.78 is 23.4. The van der Waals surface area contributed by atoms with Crippen molar-refractivity contribution < 1.29 is 24.1 Å². The van der Waals surface area contributed by atoms with Crippen LogP contribution < -0.4 is 14.2 Å². The van der Waals surface area contributed by atoms with Gasteiger partial charge in [-0.05, 0) is 29.8 Å². The van der Waals surface area contributed by atoms with Crippen molar-refractivity contribution >= 4 is 11.8 Å². The highest BCUT2D eigenvalue weighted by molar-refractivity contribution is 7.99. The van der Waals surface area contributed by atoms with E-state index >= 15 is 0 Å². The molecule has 3 rings (SSSR count). The SMILES string of the molecule is COc1ccc(COCC(O)CSc2nncn2-c2ccccc2OC)cc1OC. The van der Waals surface area contributed by atoms with Gasteiger partial charge in [0.25, 0.3) is 0 Å². The molecule has 3 aromatic rings. The number of benzene rings is 2. The van der Waals surface area contributed by atoms with Crippen LogP contribution in [0.15, 0.2) is 53.9 Å². The molecule has 8 nitrogen and oxygen atoms in total. The maximum Gasteiger partial charge on any atom is 0.195 e. The summed E-state index contributed by atoms with van der Waals surface area (Å²) in [6.07, 6.45) is 0.970. The van der Waals surface area contributed by atoms with Gasteiger partial charge >= 0.3 is 0 Å². The van der Waals surface area contributed by atoms with Gasteiger partial charge in [0.1, 0.15) is 12.1 Å². The van der Waals surface area contributed by atoms with Crippen LogP contribution in [-0.2, 0) is 11.3 Å². The molecular formula is C21H25N3O5S. The van der Waals surface area contributed by atoms with Gasteiger partial charge < -0.3 is 24.1 Å². The molecule has 1 unspecified atom stereocenters. The number of hydrogen-bond acceptors (Lipinski definition) is 8. The number of hydrogen-bond donors (Lipinski definition) is 1. The molecule has 1 atom stereocenters. The largest absolute Gasteiger partial charge is 0.495 e. The molecule has 0 radical (unpaired) electrons. The van der Waals surface area contributed by atoms with Crippen LogP contribution in [0.1, 0.15) is 5.56 Å². The number of nitrogens with zero attached hydrogens (tertiary/aromatic N) is 3. The summed E-state index contributed by atoms with van der Waals surface area (Å²) in [4.78, 5) is 0. The highest BCUT2D eigenvalue weighted by Crippen LogP contribution is 2.28. The van der Waals surface area contributed by atoms with E-state index in [4.69, 9.17) is 18.9 Å². The van der Waals surface area contributed by atoms with E-state index in [2.05, 4.69) is 10.2 Å². The Kier molecular flexibility index (Phi) is 7.95. The van der Waals surface area contributed by atoms with Crippen molar-refractivity contribution in [1.29, 1.82) is 0 Å². The lowest BCUT2D eigenvalue weighted by atomic mass is 10.2. The van der Waals surface area contributed by atoms with E-state index in [-0.39, 0.29) is 6.61 Å². The Morgan fingerprint density at radius 1 is 1.00 bits per heavy atom. The zero-order chi connectivity index (χ0) is 21.3. The molecule has 0 aliphatic heterocycles. The first kappa shape index (κ1) is 21.9. The van der Waals surface area contributed by atoms with Crippen LogP contribution in [-0.4, -0.2) is 59.7 Å². The van der Waals surface area contributed by atoms with Crippen molar-refractivity contribution in [2.24, 2.45) is 0 Å². The summed E-state index contributed by atoms with van der Waals surface area (Å²) in [6.45, 7) is 0.559. The third-order valence-corrected chi connectivity index (χ3v) is 5.38.